The van der Waals surface area contributed by atoms with Crippen LogP contribution < -0.4 is 9.51 Å². The molecule has 6 heteroatoms. The van der Waals surface area contributed by atoms with Gasteiger partial charge in [0.05, 0.1) is 5.39 Å². The first-order valence-corrected chi connectivity index (χ1v) is 7.15. The average molecular weight is 276 g/mol. The van der Waals surface area contributed by atoms with Crippen LogP contribution in [-0.2, 0) is 4.57 Å². The number of para-hydroxylation sites is 1. The van der Waals surface area contributed by atoms with Gasteiger partial charge in [-0.05, 0) is 18.2 Å². The number of phosphoric ester groups is 1. The Bertz CT molecular complexity index is 812. The summed E-state index contributed by atoms with van der Waals surface area (Å²) in [5.74, 6) is 0.160. The highest BCUT2D eigenvalue weighted by molar-refractivity contribution is 7.46. The molecule has 0 radical (unpaired) electrons. The van der Waals surface area contributed by atoms with Crippen molar-refractivity contribution in [2.75, 3.05) is 0 Å². The monoisotopic (exact) mass is 276 g/mol. The molecule has 96 valence electrons. The van der Waals surface area contributed by atoms with Gasteiger partial charge in [0.15, 0.2) is 0 Å². The third-order valence-electron chi connectivity index (χ3n) is 2.81. The number of rotatable bonds is 2. The maximum absolute atomic E-state index is 11.0. The number of nitrogens with one attached hydrogen (secondary N) is 1. The van der Waals surface area contributed by atoms with Crippen LogP contribution in [0.3, 0.4) is 0 Å². The number of H-pyrrole nitrogens is 1. The number of aromatic amines is 1. The molecule has 0 aliphatic carbocycles. The maximum atomic E-state index is 11.0. The standard InChI is InChI=1S/C13H10NO4P/c15-19(16,17)18-13-7-3-6-12-10(13)8-9-4-1-2-5-11(9)14-12/h1-8H,(H2,15,16,17)/p+1. The molecule has 3 aromatic rings. The molecule has 0 fully saturated rings. The Balaban J connectivity index is 2.29. The van der Waals surface area contributed by atoms with Gasteiger partial charge in [-0.2, -0.15) is 0 Å². The van der Waals surface area contributed by atoms with Gasteiger partial charge in [-0.1, -0.05) is 18.2 Å². The molecule has 0 amide bonds. The molecule has 1 aromatic heterocycles. The van der Waals surface area contributed by atoms with Crippen LogP contribution in [0.1, 0.15) is 0 Å². The first kappa shape index (κ1) is 12.1. The van der Waals surface area contributed by atoms with E-state index >= 15 is 0 Å². The molecule has 0 saturated carbocycles. The lowest BCUT2D eigenvalue weighted by molar-refractivity contribution is -0.310. The highest BCUT2D eigenvalue weighted by Crippen LogP contribution is 2.40. The summed E-state index contributed by atoms with van der Waals surface area (Å²) in [5.41, 5.74) is 1.70. The van der Waals surface area contributed by atoms with Crippen molar-refractivity contribution >= 4 is 29.6 Å². The zero-order valence-corrected chi connectivity index (χ0v) is 10.7. The lowest BCUT2D eigenvalue weighted by Crippen LogP contribution is -2.05. The van der Waals surface area contributed by atoms with Gasteiger partial charge in [-0.15, -0.1) is 0 Å². The number of aromatic nitrogens is 1. The van der Waals surface area contributed by atoms with E-state index in [1.54, 1.807) is 6.07 Å². The van der Waals surface area contributed by atoms with E-state index in [1.807, 2.05) is 36.4 Å². The van der Waals surface area contributed by atoms with Crippen molar-refractivity contribution < 1.29 is 23.9 Å². The molecule has 5 nitrogen and oxygen atoms in total. The Hall–Kier alpha value is -1.94. The van der Waals surface area contributed by atoms with Crippen LogP contribution in [0.2, 0.25) is 0 Å². The number of benzene rings is 2. The maximum Gasteiger partial charge on any atom is 0.524 e. The zero-order chi connectivity index (χ0) is 13.5. The van der Waals surface area contributed by atoms with Crippen molar-refractivity contribution in [2.24, 2.45) is 0 Å². The van der Waals surface area contributed by atoms with Crippen LogP contribution in [0.5, 0.6) is 5.75 Å². The fourth-order valence-corrected chi connectivity index (χ4v) is 2.46. The minimum atomic E-state index is -4.57. The summed E-state index contributed by atoms with van der Waals surface area (Å²) in [5, 5.41) is 1.57. The lowest BCUT2D eigenvalue weighted by Gasteiger charge is -2.08. The van der Waals surface area contributed by atoms with Gasteiger partial charge in [0, 0.05) is 17.5 Å². The van der Waals surface area contributed by atoms with Crippen molar-refractivity contribution in [1.29, 1.82) is 0 Å². The van der Waals surface area contributed by atoms with E-state index in [1.165, 1.54) is 6.07 Å². The minimum Gasteiger partial charge on any atom is -0.403 e. The predicted molar refractivity (Wildman–Crippen MR) is 70.7 cm³/mol. The van der Waals surface area contributed by atoms with Crippen LogP contribution in [0.25, 0.3) is 21.8 Å². The van der Waals surface area contributed by atoms with Crippen molar-refractivity contribution in [3.8, 4) is 5.75 Å². The SMILES string of the molecule is O=P(O)(O)Oc1cccc2[nH+]c3ccccc3cc12. The van der Waals surface area contributed by atoms with E-state index in [9.17, 15) is 4.57 Å². The van der Waals surface area contributed by atoms with Gasteiger partial charge in [-0.25, -0.2) is 9.55 Å². The molecule has 1 heterocycles. The molecule has 19 heavy (non-hydrogen) atoms. The summed E-state index contributed by atoms with van der Waals surface area (Å²) in [6.07, 6.45) is 0. The van der Waals surface area contributed by atoms with Crippen LogP contribution in [0, 0.1) is 0 Å². The first-order valence-electron chi connectivity index (χ1n) is 5.62. The fraction of sp³-hybridized carbons (Fsp3) is 0. The molecule has 2 aromatic carbocycles. The summed E-state index contributed by atoms with van der Waals surface area (Å²) >= 11 is 0. The van der Waals surface area contributed by atoms with Crippen LogP contribution in [0.15, 0.2) is 48.5 Å². The number of phosphoric acid groups is 1. The Morgan fingerprint density at radius 3 is 2.53 bits per heavy atom. The van der Waals surface area contributed by atoms with Crippen molar-refractivity contribution in [3.63, 3.8) is 0 Å². The Kier molecular flexibility index (Phi) is 2.75. The Morgan fingerprint density at radius 2 is 1.74 bits per heavy atom. The average Bonchev–Trinajstić information content (AvgIpc) is 2.35. The highest BCUT2D eigenvalue weighted by atomic mass is 31.2. The number of hydrogen-bond acceptors (Lipinski definition) is 2. The second-order valence-corrected chi connectivity index (χ2v) is 5.32. The molecule has 0 unspecified atom stereocenters. The summed E-state index contributed by atoms with van der Waals surface area (Å²) < 4.78 is 15.7. The van der Waals surface area contributed by atoms with Crippen LogP contribution in [0.4, 0.5) is 0 Å². The smallest absolute Gasteiger partial charge is 0.403 e. The van der Waals surface area contributed by atoms with Crippen LogP contribution in [-0.4, -0.2) is 9.79 Å². The fourth-order valence-electron chi connectivity index (χ4n) is 2.05. The predicted octanol–water partition coefficient (Wildman–Crippen LogP) is 2.28. The first-order chi connectivity index (χ1) is 9.03. The largest absolute Gasteiger partial charge is 0.524 e. The van der Waals surface area contributed by atoms with E-state index in [2.05, 4.69) is 4.98 Å². The van der Waals surface area contributed by atoms with Gasteiger partial charge in [-0.3, -0.25) is 9.79 Å². The summed E-state index contributed by atoms with van der Waals surface area (Å²) in [7, 11) is -4.57. The summed E-state index contributed by atoms with van der Waals surface area (Å²) in [4.78, 5) is 21.0. The molecular formula is C13H11NO4P+. The number of pyridine rings is 1. The molecule has 3 rings (SSSR count). The molecule has 0 aliphatic heterocycles. The highest BCUT2D eigenvalue weighted by Gasteiger charge is 2.19. The number of fused-ring (bicyclic) bond motifs is 2. The van der Waals surface area contributed by atoms with Crippen molar-refractivity contribution in [2.45, 2.75) is 0 Å². The normalized spacial score (nSPS) is 11.9. The third-order valence-corrected chi connectivity index (χ3v) is 3.25. The molecule has 0 atom stereocenters. The second-order valence-electron chi connectivity index (χ2n) is 4.16. The van der Waals surface area contributed by atoms with Gasteiger partial charge in [0.25, 0.3) is 0 Å². The van der Waals surface area contributed by atoms with E-state index in [-0.39, 0.29) is 5.75 Å². The lowest BCUT2D eigenvalue weighted by atomic mass is 10.1. The Labute approximate surface area is 108 Å². The van der Waals surface area contributed by atoms with Crippen molar-refractivity contribution in [1.82, 2.24) is 0 Å². The zero-order valence-electron chi connectivity index (χ0n) is 9.78. The molecule has 3 N–H and O–H groups in total. The van der Waals surface area contributed by atoms with E-state index in [4.69, 9.17) is 14.3 Å². The van der Waals surface area contributed by atoms with Crippen molar-refractivity contribution in [3.05, 3.63) is 48.5 Å². The quantitative estimate of drug-likeness (QED) is 0.555. The molecule has 0 bridgehead atoms. The molecule has 0 aliphatic rings. The summed E-state index contributed by atoms with van der Waals surface area (Å²) in [6.45, 7) is 0. The summed E-state index contributed by atoms with van der Waals surface area (Å²) in [6, 6.07) is 14.5. The van der Waals surface area contributed by atoms with Gasteiger partial charge in [0.2, 0.25) is 11.0 Å². The topological polar surface area (TPSA) is 80.9 Å². The Morgan fingerprint density at radius 1 is 1.00 bits per heavy atom. The molecular weight excluding hydrogens is 265 g/mol. The molecule has 0 saturated heterocycles. The van der Waals surface area contributed by atoms with Gasteiger partial charge in [0.1, 0.15) is 5.75 Å². The van der Waals surface area contributed by atoms with E-state index in [0.717, 1.165) is 16.4 Å². The van der Waals surface area contributed by atoms with Crippen LogP contribution >= 0.6 is 7.82 Å². The van der Waals surface area contributed by atoms with Gasteiger partial charge < -0.3 is 4.52 Å². The van der Waals surface area contributed by atoms with E-state index in [0.29, 0.717) is 5.39 Å². The minimum absolute atomic E-state index is 0.160. The molecule has 0 spiro atoms. The second kappa shape index (κ2) is 4.31. The number of hydrogen-bond donors (Lipinski definition) is 2. The van der Waals surface area contributed by atoms with Gasteiger partial charge >= 0.3 is 7.82 Å². The van der Waals surface area contributed by atoms with E-state index < -0.39 is 7.82 Å². The third kappa shape index (κ3) is 2.44.